The standard InChI is InChI=1S/C44H32BN5O.Pt/c1-44(2,3)29-23-25-46-42(26-29)48-38-18-10-8-15-34(38)35-21-19-31(27-40(35)48)51-32-20-22-39-41(28-32)50-43-36(16-11-24-47-43)33-14-7-9-17-37(33)45(50)49(39)30-12-5-4-6-13-30;/h4-26H,1-3H3;/q-2;+2. The van der Waals surface area contributed by atoms with Gasteiger partial charge in [-0.2, -0.15) is 6.07 Å². The Hall–Kier alpha value is -5.65. The molecule has 6 nitrogen and oxygen atoms in total. The summed E-state index contributed by atoms with van der Waals surface area (Å²) in [6.45, 7) is 6.54. The average Bonchev–Trinajstić information content (AvgIpc) is 3.68. The molecular formula is C44H32BN5OPt. The normalized spacial score (nSPS) is 13.0. The Morgan fingerprint density at radius 3 is 2.27 bits per heavy atom. The summed E-state index contributed by atoms with van der Waals surface area (Å²) in [5.74, 6) is 2.96. The van der Waals surface area contributed by atoms with Gasteiger partial charge in [-0.1, -0.05) is 98.3 Å². The number of ether oxygens (including phenoxy) is 1. The Morgan fingerprint density at radius 2 is 1.40 bits per heavy atom. The molecule has 52 heavy (non-hydrogen) atoms. The van der Waals surface area contributed by atoms with Crippen LogP contribution in [0.5, 0.6) is 11.5 Å². The third-order valence-electron chi connectivity index (χ3n) is 10.1. The molecule has 0 fully saturated rings. The number of rotatable bonds is 4. The zero-order valence-electron chi connectivity index (χ0n) is 28.8. The number of benzene rings is 5. The summed E-state index contributed by atoms with van der Waals surface area (Å²) in [6.07, 6.45) is 3.76. The van der Waals surface area contributed by atoms with E-state index >= 15 is 0 Å². The predicted molar refractivity (Wildman–Crippen MR) is 207 cm³/mol. The first-order valence-corrected chi connectivity index (χ1v) is 17.3. The van der Waals surface area contributed by atoms with Gasteiger partial charge in [0, 0.05) is 40.7 Å². The van der Waals surface area contributed by atoms with E-state index in [1.165, 1.54) is 16.6 Å². The van der Waals surface area contributed by atoms with Gasteiger partial charge in [-0.15, -0.1) is 35.7 Å². The second-order valence-electron chi connectivity index (χ2n) is 14.2. The third kappa shape index (κ3) is 4.98. The van der Waals surface area contributed by atoms with Crippen LogP contribution in [-0.2, 0) is 26.5 Å². The van der Waals surface area contributed by atoms with Crippen molar-refractivity contribution in [2.24, 2.45) is 0 Å². The van der Waals surface area contributed by atoms with Gasteiger partial charge in [0.05, 0.1) is 0 Å². The molecule has 0 atom stereocenters. The minimum atomic E-state index is -0.137. The maximum absolute atomic E-state index is 6.64. The molecule has 0 saturated carbocycles. The summed E-state index contributed by atoms with van der Waals surface area (Å²) in [5.41, 5.74) is 9.74. The molecule has 0 bridgehead atoms. The van der Waals surface area contributed by atoms with Gasteiger partial charge in [0.15, 0.2) is 0 Å². The molecule has 5 aromatic carbocycles. The van der Waals surface area contributed by atoms with E-state index in [9.17, 15) is 0 Å². The van der Waals surface area contributed by atoms with Crippen molar-refractivity contribution in [1.29, 1.82) is 0 Å². The van der Waals surface area contributed by atoms with Crippen LogP contribution in [0.3, 0.4) is 0 Å². The van der Waals surface area contributed by atoms with Gasteiger partial charge in [0.25, 0.3) is 0 Å². The molecule has 0 unspecified atom stereocenters. The van der Waals surface area contributed by atoms with Crippen LogP contribution in [0, 0.1) is 12.1 Å². The smallest absolute Gasteiger partial charge is 0.509 e. The molecule has 0 saturated heterocycles. The second-order valence-corrected chi connectivity index (χ2v) is 14.2. The Balaban J connectivity index is 0.00000360. The van der Waals surface area contributed by atoms with Crippen LogP contribution in [0.2, 0.25) is 0 Å². The van der Waals surface area contributed by atoms with Crippen LogP contribution >= 0.6 is 0 Å². The van der Waals surface area contributed by atoms with Crippen LogP contribution in [-0.4, -0.2) is 21.5 Å². The molecule has 3 aromatic heterocycles. The summed E-state index contributed by atoms with van der Waals surface area (Å²) in [4.78, 5) is 14.4. The number of aromatic nitrogens is 3. The maximum atomic E-state index is 6.64. The summed E-state index contributed by atoms with van der Waals surface area (Å²) in [6, 6.07) is 51.6. The number of hydrogen-bond acceptors (Lipinski definition) is 5. The van der Waals surface area contributed by atoms with Gasteiger partial charge in [-0.3, -0.25) is 0 Å². The quantitative estimate of drug-likeness (QED) is 0.130. The zero-order chi connectivity index (χ0) is 34.3. The van der Waals surface area contributed by atoms with E-state index in [2.05, 4.69) is 156 Å². The number of fused-ring (bicyclic) bond motifs is 11. The fourth-order valence-corrected chi connectivity index (χ4v) is 7.70. The SMILES string of the molecule is CC(C)(C)c1ccnc(-n2c3[c-]c(Oc4[c-]c5c(cc4)N(c4ccccc4)B4c6ccccc6-c6cccnc6N45)ccc3c3ccccc32)c1.[Pt+2]. The minimum Gasteiger partial charge on any atom is -0.509 e. The summed E-state index contributed by atoms with van der Waals surface area (Å²) >= 11 is 0. The molecular weight excluding hydrogens is 820 g/mol. The van der Waals surface area contributed by atoms with Gasteiger partial charge < -0.3 is 18.9 Å². The zero-order valence-corrected chi connectivity index (χ0v) is 31.1. The minimum absolute atomic E-state index is 0. The van der Waals surface area contributed by atoms with Crippen molar-refractivity contribution >= 4 is 57.1 Å². The Labute approximate surface area is 317 Å². The fraction of sp³-hybridized carbons (Fsp3) is 0.0909. The monoisotopic (exact) mass is 852 g/mol. The number of para-hydroxylation sites is 2. The second kappa shape index (κ2) is 12.2. The molecule has 10 rings (SSSR count). The number of anilines is 4. The first kappa shape index (κ1) is 32.3. The first-order chi connectivity index (χ1) is 24.9. The molecule has 8 aromatic rings. The van der Waals surface area contributed by atoms with E-state index in [-0.39, 0.29) is 33.5 Å². The topological polar surface area (TPSA) is 46.4 Å². The number of hydrogen-bond donors (Lipinski definition) is 0. The van der Waals surface area contributed by atoms with Crippen LogP contribution in [0.1, 0.15) is 26.3 Å². The van der Waals surface area contributed by atoms with E-state index < -0.39 is 0 Å². The van der Waals surface area contributed by atoms with Crippen molar-refractivity contribution in [3.05, 3.63) is 157 Å². The summed E-state index contributed by atoms with van der Waals surface area (Å²) in [7, 11) is 0. The number of pyridine rings is 2. The van der Waals surface area contributed by atoms with Crippen LogP contribution in [0.4, 0.5) is 22.9 Å². The first-order valence-electron chi connectivity index (χ1n) is 17.3. The summed E-state index contributed by atoms with van der Waals surface area (Å²) < 4.78 is 8.83. The third-order valence-corrected chi connectivity index (χ3v) is 10.1. The van der Waals surface area contributed by atoms with Crippen molar-refractivity contribution in [2.45, 2.75) is 26.2 Å². The fourth-order valence-electron chi connectivity index (χ4n) is 7.70. The van der Waals surface area contributed by atoms with Gasteiger partial charge in [-0.25, -0.2) is 9.97 Å². The van der Waals surface area contributed by atoms with E-state index in [1.54, 1.807) is 0 Å². The number of nitrogens with zero attached hydrogens (tertiary/aromatic N) is 5. The van der Waals surface area contributed by atoms with Crippen LogP contribution in [0.15, 0.2) is 140 Å². The molecule has 0 aliphatic carbocycles. The largest absolute Gasteiger partial charge is 2.00 e. The van der Waals surface area contributed by atoms with Gasteiger partial charge in [-0.05, 0) is 69.9 Å². The molecule has 5 heterocycles. The molecule has 0 spiro atoms. The van der Waals surface area contributed by atoms with Crippen LogP contribution in [0.25, 0.3) is 38.8 Å². The average molecular weight is 853 g/mol. The summed E-state index contributed by atoms with van der Waals surface area (Å²) in [5, 5.41) is 2.24. The van der Waals surface area contributed by atoms with Crippen molar-refractivity contribution in [1.82, 2.24) is 14.5 Å². The Bertz CT molecular complexity index is 2650. The molecule has 0 radical (unpaired) electrons. The van der Waals surface area contributed by atoms with Gasteiger partial charge in [0.2, 0.25) is 0 Å². The van der Waals surface area contributed by atoms with Crippen molar-refractivity contribution in [2.75, 3.05) is 9.62 Å². The van der Waals surface area contributed by atoms with E-state index in [4.69, 9.17) is 14.7 Å². The van der Waals surface area contributed by atoms with E-state index in [0.717, 1.165) is 56.1 Å². The van der Waals surface area contributed by atoms with Crippen molar-refractivity contribution in [3.63, 3.8) is 0 Å². The van der Waals surface area contributed by atoms with Crippen molar-refractivity contribution in [3.8, 4) is 28.4 Å². The molecule has 2 aliphatic rings. The van der Waals surface area contributed by atoms with Gasteiger partial charge in [0.1, 0.15) is 11.6 Å². The Kier molecular flexibility index (Phi) is 7.60. The molecule has 252 valence electrons. The van der Waals surface area contributed by atoms with Crippen LogP contribution < -0.4 is 19.8 Å². The Morgan fingerprint density at radius 1 is 0.654 bits per heavy atom. The van der Waals surface area contributed by atoms with E-state index in [1.807, 2.05) is 30.6 Å². The van der Waals surface area contributed by atoms with Crippen molar-refractivity contribution < 1.29 is 25.8 Å². The maximum Gasteiger partial charge on any atom is 2.00 e. The molecule has 0 N–H and O–H groups in total. The predicted octanol–water partition coefficient (Wildman–Crippen LogP) is 9.93. The molecule has 8 heteroatoms. The molecule has 0 amide bonds. The molecule has 2 aliphatic heterocycles. The van der Waals surface area contributed by atoms with E-state index in [0.29, 0.717) is 11.5 Å². The van der Waals surface area contributed by atoms with Gasteiger partial charge >= 0.3 is 28.0 Å².